The molecule has 0 fully saturated rings. The smallest absolute Gasteiger partial charge is 0.159 e. The summed E-state index contributed by atoms with van der Waals surface area (Å²) in [6.07, 6.45) is 0. The van der Waals surface area contributed by atoms with E-state index in [1.54, 1.807) is 6.07 Å². The van der Waals surface area contributed by atoms with Gasteiger partial charge in [0.15, 0.2) is 11.6 Å². The molecule has 0 radical (unpaired) electrons. The van der Waals surface area contributed by atoms with Crippen molar-refractivity contribution in [1.29, 1.82) is 0 Å². The molecule has 25 heavy (non-hydrogen) atoms. The Kier molecular flexibility index (Phi) is 5.02. The Morgan fingerprint density at radius 3 is 2.56 bits per heavy atom. The van der Waals surface area contributed by atoms with Crippen LogP contribution in [-0.4, -0.2) is 4.98 Å². The lowest BCUT2D eigenvalue weighted by Crippen LogP contribution is -2.18. The second-order valence-electron chi connectivity index (χ2n) is 6.29. The van der Waals surface area contributed by atoms with Crippen molar-refractivity contribution in [1.82, 2.24) is 10.3 Å². The molecule has 0 spiro atoms. The summed E-state index contributed by atoms with van der Waals surface area (Å²) >= 11 is 6.34. The fraction of sp³-hybridized carbons (Fsp3) is 0.250. The first-order valence-corrected chi connectivity index (χ1v) is 8.48. The summed E-state index contributed by atoms with van der Waals surface area (Å²) in [6.45, 7) is 6.45. The number of pyridine rings is 1. The van der Waals surface area contributed by atoms with Crippen molar-refractivity contribution in [3.8, 4) is 0 Å². The van der Waals surface area contributed by atoms with Gasteiger partial charge in [0, 0.05) is 23.5 Å². The third-order valence-corrected chi connectivity index (χ3v) is 4.91. The Hall–Kier alpha value is -2.04. The van der Waals surface area contributed by atoms with E-state index in [0.29, 0.717) is 17.3 Å². The number of aryl methyl sites for hydroxylation is 2. The lowest BCUT2D eigenvalue weighted by Gasteiger charge is -2.16. The van der Waals surface area contributed by atoms with Crippen LogP contribution in [0.4, 0.5) is 8.78 Å². The van der Waals surface area contributed by atoms with Gasteiger partial charge in [0.25, 0.3) is 0 Å². The van der Waals surface area contributed by atoms with Crippen LogP contribution >= 0.6 is 11.6 Å². The van der Waals surface area contributed by atoms with Crippen LogP contribution in [0.15, 0.2) is 36.4 Å². The van der Waals surface area contributed by atoms with Crippen molar-refractivity contribution < 1.29 is 8.78 Å². The van der Waals surface area contributed by atoms with Gasteiger partial charge in [0.2, 0.25) is 0 Å². The van der Waals surface area contributed by atoms with Gasteiger partial charge in [0.05, 0.1) is 5.52 Å². The van der Waals surface area contributed by atoms with Crippen molar-refractivity contribution in [3.63, 3.8) is 0 Å². The zero-order chi connectivity index (χ0) is 18.1. The largest absolute Gasteiger partial charge is 0.306 e. The maximum absolute atomic E-state index is 13.4. The molecule has 1 heterocycles. The van der Waals surface area contributed by atoms with E-state index in [0.717, 1.165) is 28.1 Å². The molecule has 130 valence electrons. The van der Waals surface area contributed by atoms with Gasteiger partial charge in [-0.25, -0.2) is 13.8 Å². The first-order valence-electron chi connectivity index (χ1n) is 8.10. The number of benzene rings is 2. The van der Waals surface area contributed by atoms with Gasteiger partial charge in [-0.05, 0) is 55.7 Å². The van der Waals surface area contributed by atoms with E-state index in [4.69, 9.17) is 11.6 Å². The molecule has 1 aromatic heterocycles. The van der Waals surface area contributed by atoms with Gasteiger partial charge in [-0.2, -0.15) is 0 Å². The molecule has 0 aliphatic rings. The average molecular weight is 361 g/mol. The summed E-state index contributed by atoms with van der Waals surface area (Å²) in [4.78, 5) is 4.53. The van der Waals surface area contributed by atoms with E-state index in [9.17, 15) is 8.78 Å². The molecule has 0 aliphatic carbocycles. The summed E-state index contributed by atoms with van der Waals surface area (Å²) in [5.74, 6) is -1.69. The molecule has 1 N–H and O–H groups in total. The molecular formula is C20H19ClF2N2. The zero-order valence-electron chi connectivity index (χ0n) is 14.3. The van der Waals surface area contributed by atoms with Crippen LogP contribution < -0.4 is 5.32 Å². The van der Waals surface area contributed by atoms with Crippen molar-refractivity contribution in [2.75, 3.05) is 0 Å². The normalized spacial score (nSPS) is 12.6. The van der Waals surface area contributed by atoms with Crippen LogP contribution in [0.2, 0.25) is 5.15 Å². The first-order chi connectivity index (χ1) is 11.9. The summed E-state index contributed by atoms with van der Waals surface area (Å²) in [6, 6.07) is 9.88. The Balaban J connectivity index is 1.82. The number of rotatable bonds is 4. The first kappa shape index (κ1) is 17.8. The Morgan fingerprint density at radius 2 is 1.84 bits per heavy atom. The summed E-state index contributed by atoms with van der Waals surface area (Å²) in [7, 11) is 0. The Bertz CT molecular complexity index is 941. The topological polar surface area (TPSA) is 24.9 Å². The van der Waals surface area contributed by atoms with E-state index in [2.05, 4.69) is 16.4 Å². The monoisotopic (exact) mass is 360 g/mol. The Labute approximate surface area is 150 Å². The second kappa shape index (κ2) is 7.06. The van der Waals surface area contributed by atoms with Crippen LogP contribution in [0.1, 0.15) is 35.2 Å². The van der Waals surface area contributed by atoms with Crippen molar-refractivity contribution in [3.05, 3.63) is 75.4 Å². The van der Waals surface area contributed by atoms with Crippen LogP contribution in [0.25, 0.3) is 10.9 Å². The number of nitrogens with one attached hydrogen (secondary N) is 1. The minimum Gasteiger partial charge on any atom is -0.306 e. The highest BCUT2D eigenvalue weighted by molar-refractivity contribution is 6.30. The van der Waals surface area contributed by atoms with Gasteiger partial charge in [0.1, 0.15) is 5.15 Å². The van der Waals surface area contributed by atoms with Gasteiger partial charge in [-0.15, -0.1) is 0 Å². The van der Waals surface area contributed by atoms with E-state index in [1.807, 2.05) is 32.9 Å². The highest BCUT2D eigenvalue weighted by Gasteiger charge is 2.12. The Morgan fingerprint density at radius 1 is 1.08 bits per heavy atom. The highest BCUT2D eigenvalue weighted by atomic mass is 35.5. The molecule has 2 aromatic carbocycles. The number of hydrogen-bond donors (Lipinski definition) is 1. The molecule has 3 rings (SSSR count). The molecule has 0 amide bonds. The maximum Gasteiger partial charge on any atom is 0.159 e. The van der Waals surface area contributed by atoms with E-state index in [-0.39, 0.29) is 6.04 Å². The molecule has 0 saturated carbocycles. The minimum atomic E-state index is -0.845. The van der Waals surface area contributed by atoms with E-state index >= 15 is 0 Å². The van der Waals surface area contributed by atoms with Crippen molar-refractivity contribution in [2.24, 2.45) is 0 Å². The number of hydrogen-bond acceptors (Lipinski definition) is 2. The van der Waals surface area contributed by atoms with Crippen LogP contribution in [0, 0.1) is 25.5 Å². The lowest BCUT2D eigenvalue weighted by atomic mass is 10.0. The summed E-state index contributed by atoms with van der Waals surface area (Å²) < 4.78 is 26.4. The molecule has 3 aromatic rings. The van der Waals surface area contributed by atoms with Crippen molar-refractivity contribution in [2.45, 2.75) is 33.4 Å². The van der Waals surface area contributed by atoms with Gasteiger partial charge >= 0.3 is 0 Å². The number of aromatic nitrogens is 1. The quantitative estimate of drug-likeness (QED) is 0.609. The van der Waals surface area contributed by atoms with Crippen molar-refractivity contribution >= 4 is 22.5 Å². The van der Waals surface area contributed by atoms with Gasteiger partial charge < -0.3 is 5.32 Å². The molecule has 5 heteroatoms. The highest BCUT2D eigenvalue weighted by Crippen LogP contribution is 2.25. The summed E-state index contributed by atoms with van der Waals surface area (Å²) in [5.41, 5.74) is 4.74. The van der Waals surface area contributed by atoms with Crippen LogP contribution in [0.5, 0.6) is 0 Å². The maximum atomic E-state index is 13.4. The van der Waals surface area contributed by atoms with Crippen LogP contribution in [0.3, 0.4) is 0 Å². The van der Waals surface area contributed by atoms with Gasteiger partial charge in [-0.3, -0.25) is 0 Å². The molecule has 0 aliphatic heterocycles. The number of nitrogens with zero attached hydrogens (tertiary/aromatic N) is 1. The lowest BCUT2D eigenvalue weighted by molar-refractivity contribution is 0.500. The molecular weight excluding hydrogens is 342 g/mol. The molecule has 0 bridgehead atoms. The SMILES string of the molecule is Cc1ccc2cc(CN[C@H](C)c3ccc(F)c(F)c3)c(Cl)nc2c1C. The molecule has 1 atom stereocenters. The molecule has 0 unspecified atom stereocenters. The fourth-order valence-corrected chi connectivity index (χ4v) is 3.00. The van der Waals surface area contributed by atoms with Crippen LogP contribution in [-0.2, 0) is 6.54 Å². The predicted octanol–water partition coefficient (Wildman–Crippen LogP) is 5.63. The molecule has 0 saturated heterocycles. The van der Waals surface area contributed by atoms with Gasteiger partial charge in [-0.1, -0.05) is 29.8 Å². The fourth-order valence-electron chi connectivity index (χ4n) is 2.79. The predicted molar refractivity (Wildman–Crippen MR) is 97.8 cm³/mol. The zero-order valence-corrected chi connectivity index (χ0v) is 15.1. The second-order valence-corrected chi connectivity index (χ2v) is 6.65. The summed E-state index contributed by atoms with van der Waals surface area (Å²) in [5, 5.41) is 4.76. The standard InChI is InChI=1S/C20H19ClF2N2/c1-11-4-5-15-8-16(20(21)25-19(15)12(11)2)10-24-13(3)14-6-7-17(22)18(23)9-14/h4-9,13,24H,10H2,1-3H3/t13-/m1/s1. The minimum absolute atomic E-state index is 0.151. The average Bonchev–Trinajstić information content (AvgIpc) is 2.59. The third kappa shape index (κ3) is 3.65. The number of halogens is 3. The third-order valence-electron chi connectivity index (χ3n) is 4.58. The van der Waals surface area contributed by atoms with E-state index < -0.39 is 11.6 Å². The number of fused-ring (bicyclic) bond motifs is 1. The molecule has 2 nitrogen and oxygen atoms in total. The van der Waals surface area contributed by atoms with E-state index in [1.165, 1.54) is 11.6 Å².